The van der Waals surface area contributed by atoms with E-state index >= 15 is 0 Å². The summed E-state index contributed by atoms with van der Waals surface area (Å²) in [5.74, 6) is 0.816. The van der Waals surface area contributed by atoms with E-state index in [0.717, 1.165) is 14.4 Å². The first-order valence-corrected chi connectivity index (χ1v) is 6.79. The first-order chi connectivity index (χ1) is 8.24. The van der Waals surface area contributed by atoms with Crippen molar-refractivity contribution in [1.82, 2.24) is 0 Å². The molecule has 4 heteroatoms. The van der Waals surface area contributed by atoms with Crippen LogP contribution in [0.4, 0.5) is 0 Å². The average molecular weight is 311 g/mol. The number of carbonyl (C=O) groups is 1. The molecule has 0 saturated carbocycles. The Labute approximate surface area is 112 Å². The Bertz CT molecular complexity index is 493. The van der Waals surface area contributed by atoms with Crippen molar-refractivity contribution >= 4 is 33.0 Å². The van der Waals surface area contributed by atoms with Gasteiger partial charge in [0.2, 0.25) is 0 Å². The van der Waals surface area contributed by atoms with Gasteiger partial charge in [-0.25, -0.2) is 0 Å². The fourth-order valence-electron chi connectivity index (χ4n) is 1.37. The zero-order chi connectivity index (χ0) is 12.1. The Morgan fingerprint density at radius 1 is 1.18 bits per heavy atom. The molecule has 0 atom stereocenters. The summed E-state index contributed by atoms with van der Waals surface area (Å²) in [4.78, 5) is 12.7. The van der Waals surface area contributed by atoms with Gasteiger partial charge in [-0.15, -0.1) is 11.3 Å². The molecule has 0 unspecified atom stereocenters. The Morgan fingerprint density at radius 3 is 2.59 bits per heavy atom. The second-order valence-corrected chi connectivity index (χ2v) is 6.07. The van der Waals surface area contributed by atoms with Crippen molar-refractivity contribution < 1.29 is 9.53 Å². The highest BCUT2D eigenvalue weighted by Crippen LogP contribution is 2.22. The first kappa shape index (κ1) is 12.3. The lowest BCUT2D eigenvalue weighted by atomic mass is 10.2. The second kappa shape index (κ2) is 5.98. The zero-order valence-corrected chi connectivity index (χ0v) is 11.5. The number of ether oxygens (including phenoxy) is 1. The molecular formula is C13H11BrO2S. The summed E-state index contributed by atoms with van der Waals surface area (Å²) in [7, 11) is 0. The van der Waals surface area contributed by atoms with Crippen molar-refractivity contribution in [1.29, 1.82) is 0 Å². The van der Waals surface area contributed by atoms with Gasteiger partial charge < -0.3 is 4.74 Å². The van der Waals surface area contributed by atoms with Gasteiger partial charge in [-0.1, -0.05) is 18.2 Å². The van der Waals surface area contributed by atoms with E-state index in [9.17, 15) is 4.79 Å². The van der Waals surface area contributed by atoms with Crippen LogP contribution in [0.15, 0.2) is 46.3 Å². The van der Waals surface area contributed by atoms with E-state index in [2.05, 4.69) is 15.9 Å². The van der Waals surface area contributed by atoms with Crippen molar-refractivity contribution in [3.05, 3.63) is 51.1 Å². The van der Waals surface area contributed by atoms with E-state index in [1.807, 2.05) is 42.5 Å². The van der Waals surface area contributed by atoms with Crippen LogP contribution >= 0.6 is 27.3 Å². The third-order valence-electron chi connectivity index (χ3n) is 2.14. The number of benzene rings is 1. The molecule has 1 aromatic heterocycles. The van der Waals surface area contributed by atoms with Gasteiger partial charge >= 0.3 is 0 Å². The monoisotopic (exact) mass is 310 g/mol. The van der Waals surface area contributed by atoms with Crippen molar-refractivity contribution in [3.63, 3.8) is 0 Å². The quantitative estimate of drug-likeness (QED) is 0.841. The Morgan fingerprint density at radius 2 is 1.94 bits per heavy atom. The highest BCUT2D eigenvalue weighted by atomic mass is 79.9. The van der Waals surface area contributed by atoms with Gasteiger partial charge in [-0.2, -0.15) is 0 Å². The van der Waals surface area contributed by atoms with Crippen LogP contribution in [0.5, 0.6) is 5.75 Å². The van der Waals surface area contributed by atoms with Gasteiger partial charge in [-0.05, 0) is 40.2 Å². The third kappa shape index (κ3) is 3.98. The standard InChI is InChI=1S/C13H11BrO2S/c14-13-7-6-12(17-13)8-10(15)9-16-11-4-2-1-3-5-11/h1-7H,8-9H2. The molecule has 88 valence electrons. The number of ketones is 1. The SMILES string of the molecule is O=C(COc1ccccc1)Cc1ccc(Br)s1. The molecule has 1 aromatic carbocycles. The molecular weight excluding hydrogens is 300 g/mol. The smallest absolute Gasteiger partial charge is 0.175 e. The first-order valence-electron chi connectivity index (χ1n) is 5.18. The summed E-state index contributed by atoms with van der Waals surface area (Å²) in [6.07, 6.45) is 0.434. The summed E-state index contributed by atoms with van der Waals surface area (Å²) in [6.45, 7) is 0.125. The maximum Gasteiger partial charge on any atom is 0.175 e. The number of Topliss-reactive ketones (excluding diaryl/α,β-unsaturated/α-hetero) is 1. The fraction of sp³-hybridized carbons (Fsp3) is 0.154. The van der Waals surface area contributed by atoms with Crippen LogP contribution in [-0.4, -0.2) is 12.4 Å². The molecule has 2 aromatic rings. The zero-order valence-electron chi connectivity index (χ0n) is 9.06. The van der Waals surface area contributed by atoms with Crippen molar-refractivity contribution in [2.75, 3.05) is 6.61 Å². The molecule has 0 aliphatic carbocycles. The highest BCUT2D eigenvalue weighted by molar-refractivity contribution is 9.11. The van der Waals surface area contributed by atoms with E-state index in [-0.39, 0.29) is 12.4 Å². The van der Waals surface area contributed by atoms with Gasteiger partial charge in [0.05, 0.1) is 3.79 Å². The van der Waals surface area contributed by atoms with Crippen LogP contribution in [0.25, 0.3) is 0 Å². The van der Waals surface area contributed by atoms with Crippen molar-refractivity contribution in [3.8, 4) is 5.75 Å². The molecule has 2 nitrogen and oxygen atoms in total. The van der Waals surface area contributed by atoms with Crippen LogP contribution < -0.4 is 4.74 Å². The minimum Gasteiger partial charge on any atom is -0.486 e. The predicted octanol–water partition coefficient (Wildman–Crippen LogP) is 3.70. The summed E-state index contributed by atoms with van der Waals surface area (Å²) in [5, 5.41) is 0. The van der Waals surface area contributed by atoms with E-state index in [0.29, 0.717) is 6.42 Å². The van der Waals surface area contributed by atoms with Crippen molar-refractivity contribution in [2.24, 2.45) is 0 Å². The lowest BCUT2D eigenvalue weighted by molar-refractivity contribution is -0.120. The van der Waals surface area contributed by atoms with E-state index in [4.69, 9.17) is 4.74 Å². The number of halogens is 1. The predicted molar refractivity (Wildman–Crippen MR) is 72.7 cm³/mol. The van der Waals surface area contributed by atoms with E-state index in [1.165, 1.54) is 0 Å². The topological polar surface area (TPSA) is 26.3 Å². The molecule has 0 N–H and O–H groups in total. The molecule has 0 aliphatic rings. The summed E-state index contributed by atoms with van der Waals surface area (Å²) in [5.41, 5.74) is 0. The van der Waals surface area contributed by atoms with Gasteiger partial charge in [0.15, 0.2) is 5.78 Å². The lowest BCUT2D eigenvalue weighted by Crippen LogP contribution is -2.13. The van der Waals surface area contributed by atoms with Gasteiger partial charge in [-0.3, -0.25) is 4.79 Å². The average Bonchev–Trinajstić information content (AvgIpc) is 2.73. The molecule has 0 amide bonds. The summed E-state index contributed by atoms with van der Waals surface area (Å²) < 4.78 is 6.44. The maximum absolute atomic E-state index is 11.7. The molecule has 0 bridgehead atoms. The van der Waals surface area contributed by atoms with Crippen LogP contribution in [0, 0.1) is 0 Å². The second-order valence-electron chi connectivity index (χ2n) is 3.52. The number of hydrogen-bond donors (Lipinski definition) is 0. The van der Waals surface area contributed by atoms with E-state index < -0.39 is 0 Å². The minimum atomic E-state index is 0.0863. The molecule has 17 heavy (non-hydrogen) atoms. The number of rotatable bonds is 5. The largest absolute Gasteiger partial charge is 0.486 e. The molecule has 0 fully saturated rings. The molecule has 0 saturated heterocycles. The van der Waals surface area contributed by atoms with E-state index in [1.54, 1.807) is 11.3 Å². The van der Waals surface area contributed by atoms with Crippen LogP contribution in [0.2, 0.25) is 0 Å². The van der Waals surface area contributed by atoms with Gasteiger partial charge in [0, 0.05) is 11.3 Å². The molecule has 0 spiro atoms. The highest BCUT2D eigenvalue weighted by Gasteiger charge is 2.06. The third-order valence-corrected chi connectivity index (χ3v) is 3.77. The van der Waals surface area contributed by atoms with Gasteiger partial charge in [0.1, 0.15) is 12.4 Å². The molecule has 0 aliphatic heterocycles. The Hall–Kier alpha value is -1.13. The molecule has 1 heterocycles. The number of para-hydroxylation sites is 1. The minimum absolute atomic E-state index is 0.0863. The van der Waals surface area contributed by atoms with Gasteiger partial charge in [0.25, 0.3) is 0 Å². The summed E-state index contributed by atoms with van der Waals surface area (Å²) >= 11 is 4.95. The van der Waals surface area contributed by atoms with Crippen LogP contribution in [-0.2, 0) is 11.2 Å². The van der Waals surface area contributed by atoms with Crippen molar-refractivity contribution in [2.45, 2.75) is 6.42 Å². The molecule has 0 radical (unpaired) electrons. The lowest BCUT2D eigenvalue weighted by Gasteiger charge is -2.04. The maximum atomic E-state index is 11.7. The Kier molecular flexibility index (Phi) is 4.34. The normalized spacial score (nSPS) is 10.2. The summed E-state index contributed by atoms with van der Waals surface area (Å²) in [6, 6.07) is 13.3. The van der Waals surface area contributed by atoms with Crippen LogP contribution in [0.3, 0.4) is 0 Å². The Balaban J connectivity index is 1.82. The fourth-order valence-corrected chi connectivity index (χ4v) is 2.88. The molecule has 2 rings (SSSR count). The number of thiophene rings is 1. The number of carbonyl (C=O) groups excluding carboxylic acids is 1. The van der Waals surface area contributed by atoms with Crippen LogP contribution in [0.1, 0.15) is 4.88 Å². The number of hydrogen-bond acceptors (Lipinski definition) is 3.